The summed E-state index contributed by atoms with van der Waals surface area (Å²) in [7, 11) is 1.34. The fraction of sp³-hybridized carbons (Fsp3) is 0.478. The molecule has 5 atom stereocenters. The zero-order chi connectivity index (χ0) is 21.5. The third-order valence-electron chi connectivity index (χ3n) is 6.12. The number of benzene rings is 2. The first-order chi connectivity index (χ1) is 14.4. The molecule has 1 saturated heterocycles. The molecule has 2 aromatic carbocycles. The molecule has 0 amide bonds. The molecule has 1 aliphatic heterocycles. The second-order valence-electron chi connectivity index (χ2n) is 8.14. The molecule has 4 rings (SSSR count). The lowest BCUT2D eigenvalue weighted by Gasteiger charge is -2.47. The van der Waals surface area contributed by atoms with Gasteiger partial charge in [-0.15, -0.1) is 0 Å². The summed E-state index contributed by atoms with van der Waals surface area (Å²) in [5.41, 5.74) is 3.70. The second-order valence-corrected chi connectivity index (χ2v) is 8.54. The lowest BCUT2D eigenvalue weighted by molar-refractivity contribution is -0.366. The van der Waals surface area contributed by atoms with Crippen LogP contribution in [-0.2, 0) is 21.7 Å². The van der Waals surface area contributed by atoms with E-state index in [1.54, 1.807) is 18.2 Å². The minimum atomic E-state index is -1.75. The molecule has 0 spiro atoms. The summed E-state index contributed by atoms with van der Waals surface area (Å²) in [4.78, 5) is 0. The quantitative estimate of drug-likeness (QED) is 0.555. The number of methoxy groups -OCH3 is 1. The molecule has 1 heterocycles. The van der Waals surface area contributed by atoms with Gasteiger partial charge in [-0.25, -0.2) is 0 Å². The van der Waals surface area contributed by atoms with Crippen LogP contribution in [0.1, 0.15) is 41.0 Å². The molecule has 30 heavy (non-hydrogen) atoms. The maximum atomic E-state index is 10.7. The Balaban J connectivity index is 1.65. The summed E-state index contributed by atoms with van der Waals surface area (Å²) in [5.74, 6) is -1.06. The van der Waals surface area contributed by atoms with Crippen LogP contribution in [-0.4, -0.2) is 58.6 Å². The van der Waals surface area contributed by atoms with Gasteiger partial charge in [-0.05, 0) is 54.0 Å². The highest BCUT2D eigenvalue weighted by molar-refractivity contribution is 6.31. The van der Waals surface area contributed by atoms with Crippen molar-refractivity contribution >= 4 is 11.6 Å². The first-order valence-corrected chi connectivity index (χ1v) is 10.5. The SMILES string of the molecule is COC1(c2ccc(Cl)c(Cc3ccc(C4CC4)cc3)c2)OC(CO)C(O)C(O)C1O. The summed E-state index contributed by atoms with van der Waals surface area (Å²) in [6, 6.07) is 13.6. The van der Waals surface area contributed by atoms with Crippen LogP contribution < -0.4 is 0 Å². The average molecular weight is 435 g/mol. The average Bonchev–Trinajstić information content (AvgIpc) is 3.60. The summed E-state index contributed by atoms with van der Waals surface area (Å²) in [5, 5.41) is 41.2. The first-order valence-electron chi connectivity index (χ1n) is 10.2. The Morgan fingerprint density at radius 3 is 2.37 bits per heavy atom. The molecule has 7 heteroatoms. The van der Waals surface area contributed by atoms with E-state index in [0.717, 1.165) is 11.1 Å². The van der Waals surface area contributed by atoms with Crippen molar-refractivity contribution in [3.63, 3.8) is 0 Å². The van der Waals surface area contributed by atoms with Crippen molar-refractivity contribution in [3.8, 4) is 0 Å². The molecule has 2 aromatic rings. The smallest absolute Gasteiger partial charge is 0.224 e. The molecule has 0 aromatic heterocycles. The predicted molar refractivity (Wildman–Crippen MR) is 111 cm³/mol. The van der Waals surface area contributed by atoms with E-state index in [1.165, 1.54) is 25.5 Å². The van der Waals surface area contributed by atoms with Gasteiger partial charge in [-0.1, -0.05) is 41.9 Å². The number of halogens is 1. The minimum absolute atomic E-state index is 0.441. The van der Waals surface area contributed by atoms with Crippen molar-refractivity contribution in [1.29, 1.82) is 0 Å². The summed E-state index contributed by atoms with van der Waals surface area (Å²) in [6.07, 6.45) is -2.59. The normalized spacial score (nSPS) is 31.7. The van der Waals surface area contributed by atoms with Gasteiger partial charge in [0, 0.05) is 17.7 Å². The Morgan fingerprint density at radius 1 is 1.07 bits per heavy atom. The van der Waals surface area contributed by atoms with Gasteiger partial charge < -0.3 is 29.9 Å². The van der Waals surface area contributed by atoms with E-state index in [9.17, 15) is 20.4 Å². The van der Waals surface area contributed by atoms with Gasteiger partial charge in [-0.3, -0.25) is 0 Å². The molecular weight excluding hydrogens is 408 g/mol. The Hall–Kier alpha value is -1.51. The predicted octanol–water partition coefficient (Wildman–Crippen LogP) is 2.08. The molecule has 0 bridgehead atoms. The molecule has 5 unspecified atom stereocenters. The van der Waals surface area contributed by atoms with Gasteiger partial charge in [0.1, 0.15) is 24.4 Å². The summed E-state index contributed by atoms with van der Waals surface area (Å²) < 4.78 is 11.3. The standard InChI is InChI=1S/C23H27ClO6/c1-29-23(22(28)21(27)20(26)19(12-25)30-23)17-8-9-18(24)16(11-17)10-13-2-4-14(5-3-13)15-6-7-15/h2-5,8-9,11,15,19-22,25-28H,6-7,10,12H2,1H3. The largest absolute Gasteiger partial charge is 0.394 e. The topological polar surface area (TPSA) is 99.4 Å². The molecule has 4 N–H and O–H groups in total. The maximum Gasteiger partial charge on any atom is 0.224 e. The number of hydrogen-bond acceptors (Lipinski definition) is 6. The highest BCUT2D eigenvalue weighted by atomic mass is 35.5. The van der Waals surface area contributed by atoms with Gasteiger partial charge in [0.2, 0.25) is 5.79 Å². The van der Waals surface area contributed by atoms with E-state index in [0.29, 0.717) is 22.9 Å². The van der Waals surface area contributed by atoms with E-state index < -0.39 is 36.8 Å². The number of ether oxygens (including phenoxy) is 2. The van der Waals surface area contributed by atoms with Crippen molar-refractivity contribution in [1.82, 2.24) is 0 Å². The summed E-state index contributed by atoms with van der Waals surface area (Å²) >= 11 is 6.44. The number of aliphatic hydroxyl groups excluding tert-OH is 4. The van der Waals surface area contributed by atoms with E-state index in [4.69, 9.17) is 21.1 Å². The van der Waals surface area contributed by atoms with Crippen molar-refractivity contribution in [3.05, 3.63) is 69.7 Å². The number of rotatable bonds is 6. The monoisotopic (exact) mass is 434 g/mol. The fourth-order valence-corrected chi connectivity index (χ4v) is 4.32. The molecule has 0 radical (unpaired) electrons. The van der Waals surface area contributed by atoms with Crippen LogP contribution in [0.25, 0.3) is 0 Å². The van der Waals surface area contributed by atoms with Gasteiger partial charge in [0.25, 0.3) is 0 Å². The van der Waals surface area contributed by atoms with Crippen LogP contribution >= 0.6 is 11.6 Å². The minimum Gasteiger partial charge on any atom is -0.394 e. The Labute approximate surface area is 180 Å². The van der Waals surface area contributed by atoms with Crippen LogP contribution in [0.4, 0.5) is 0 Å². The van der Waals surface area contributed by atoms with Gasteiger partial charge in [0.05, 0.1) is 6.61 Å². The Kier molecular flexibility index (Phi) is 6.19. The molecular formula is C23H27ClO6. The maximum absolute atomic E-state index is 10.7. The van der Waals surface area contributed by atoms with Crippen LogP contribution in [0.15, 0.2) is 42.5 Å². The van der Waals surface area contributed by atoms with Gasteiger partial charge in [0.15, 0.2) is 0 Å². The van der Waals surface area contributed by atoms with Crippen LogP contribution in [0.3, 0.4) is 0 Å². The van der Waals surface area contributed by atoms with Crippen LogP contribution in [0.5, 0.6) is 0 Å². The molecule has 2 fully saturated rings. The highest BCUT2D eigenvalue weighted by Gasteiger charge is 2.55. The number of aliphatic hydroxyl groups is 4. The lowest BCUT2D eigenvalue weighted by atomic mass is 9.87. The highest BCUT2D eigenvalue weighted by Crippen LogP contribution is 2.41. The van der Waals surface area contributed by atoms with Crippen molar-refractivity contribution in [2.45, 2.75) is 55.4 Å². The van der Waals surface area contributed by atoms with Crippen LogP contribution in [0, 0.1) is 0 Å². The lowest BCUT2D eigenvalue weighted by Crippen LogP contribution is -2.64. The van der Waals surface area contributed by atoms with Crippen molar-refractivity contribution in [2.24, 2.45) is 0 Å². The molecule has 1 saturated carbocycles. The summed E-state index contributed by atoms with van der Waals surface area (Å²) in [6.45, 7) is -0.538. The fourth-order valence-electron chi connectivity index (χ4n) is 4.14. The molecule has 1 aliphatic carbocycles. The van der Waals surface area contributed by atoms with E-state index in [-0.39, 0.29) is 0 Å². The third kappa shape index (κ3) is 3.89. The van der Waals surface area contributed by atoms with E-state index in [2.05, 4.69) is 24.3 Å². The third-order valence-corrected chi connectivity index (χ3v) is 6.49. The molecule has 162 valence electrons. The van der Waals surface area contributed by atoms with Crippen molar-refractivity contribution in [2.75, 3.05) is 13.7 Å². The van der Waals surface area contributed by atoms with E-state index in [1.807, 2.05) is 0 Å². The second kappa shape index (κ2) is 8.55. The zero-order valence-corrected chi connectivity index (χ0v) is 17.5. The Morgan fingerprint density at radius 2 is 1.77 bits per heavy atom. The van der Waals surface area contributed by atoms with Crippen LogP contribution in [0.2, 0.25) is 5.02 Å². The van der Waals surface area contributed by atoms with Gasteiger partial charge in [-0.2, -0.15) is 0 Å². The number of hydrogen-bond donors (Lipinski definition) is 4. The van der Waals surface area contributed by atoms with E-state index >= 15 is 0 Å². The van der Waals surface area contributed by atoms with Gasteiger partial charge >= 0.3 is 0 Å². The first kappa shape index (κ1) is 21.7. The molecule has 6 nitrogen and oxygen atoms in total. The Bertz CT molecular complexity index is 882. The molecule has 2 aliphatic rings. The zero-order valence-electron chi connectivity index (χ0n) is 16.7. The van der Waals surface area contributed by atoms with Crippen molar-refractivity contribution < 1.29 is 29.9 Å².